The molecule has 3 aliphatic rings. The summed E-state index contributed by atoms with van der Waals surface area (Å²) in [5, 5.41) is 4.05. The minimum absolute atomic E-state index is 0.00996. The standard InChI is InChI=1S/C30H25Cl3FN3O4.C30H26Cl2FN3O4.C25H26FN3O4/c1-2-41-30(40)26-27(35-11-13-36(14-12-35)28(38)19-5-9-23(32)24(33)15-19)22-16-20(31)6-10-25(22)37(29(26)39)17-18-3-7-21(34)8-4-18;1-2-40-30(39)26-27(34-13-15-35(16-14-34)28(37)20-5-7-21(31)8-6-20)24-17-22(32)9-12-25(24)36(29(26)38)18-19-3-10-23(33)11-4-19;1-4-33-25(32)21-22(19-15-16(2)5-10-20(19)27(3)24(21)31)28-11-13-29(14-12-28)23(30)17-6-8-18(26)9-7-17/h3-10,15-16H,2,11-14,17H2,1H3;3-12,17H,2,13-16,18H2,1H3;5-10,15H,4,11-14H2,1-3H3. The van der Waals surface area contributed by atoms with Crippen molar-refractivity contribution in [3.05, 3.63) is 294 Å². The topological polar surface area (TPSA) is 216 Å². The van der Waals surface area contributed by atoms with Gasteiger partial charge in [-0.15, -0.1) is 0 Å². The van der Waals surface area contributed by atoms with Crippen LogP contribution in [-0.4, -0.2) is 162 Å². The fourth-order valence-electron chi connectivity index (χ4n) is 14.2. The van der Waals surface area contributed by atoms with Crippen molar-refractivity contribution in [2.24, 2.45) is 7.05 Å². The SMILES string of the molecule is CCOC(=O)c1c(N2CCN(C(=O)c3ccc(Cl)c(Cl)c3)CC2)c2cc(Cl)ccc2n(Cc2ccc(F)cc2)c1=O.CCOC(=O)c1c(N2CCN(C(=O)c3ccc(Cl)cc3)CC2)c2cc(Cl)ccc2n(Cc2ccc(F)cc2)c1=O.CCOC(=O)c1c(N2CCN(C(=O)c3ccc(F)cc3)CC2)c2cc(C)ccc2n(C)c1=O. The predicted molar refractivity (Wildman–Crippen MR) is 438 cm³/mol. The molecule has 3 saturated heterocycles. The lowest BCUT2D eigenvalue weighted by atomic mass is 10.0. The number of carbonyl (C=O) groups excluding carboxylic acids is 6. The number of carbonyl (C=O) groups is 6. The maximum Gasteiger partial charge on any atom is 0.345 e. The van der Waals surface area contributed by atoms with Crippen LogP contribution in [0.15, 0.2) is 184 Å². The van der Waals surface area contributed by atoms with Crippen LogP contribution in [0.25, 0.3) is 32.7 Å². The molecule has 21 nitrogen and oxygen atoms in total. The maximum atomic E-state index is 14.0. The summed E-state index contributed by atoms with van der Waals surface area (Å²) in [7, 11) is 1.64. The molecule has 0 saturated carbocycles. The molecule has 114 heavy (non-hydrogen) atoms. The van der Waals surface area contributed by atoms with Crippen LogP contribution in [0, 0.1) is 24.4 Å². The second-order valence-corrected chi connectivity index (χ2v) is 29.2. The average Bonchev–Trinajstić information content (AvgIpc) is 0.745. The van der Waals surface area contributed by atoms with Crippen LogP contribution >= 0.6 is 58.0 Å². The lowest BCUT2D eigenvalue weighted by molar-refractivity contribution is 0.0514. The monoisotopic (exact) mass is 1650 g/mol. The number of ether oxygens (including phenoxy) is 3. The van der Waals surface area contributed by atoms with Crippen molar-refractivity contribution in [2.45, 2.75) is 40.8 Å². The molecule has 0 aliphatic carbocycles. The van der Waals surface area contributed by atoms with Gasteiger partial charge in [-0.25, -0.2) is 27.6 Å². The van der Waals surface area contributed by atoms with E-state index in [0.29, 0.717) is 170 Å². The van der Waals surface area contributed by atoms with Gasteiger partial charge in [0, 0.05) is 134 Å². The van der Waals surface area contributed by atoms with Crippen LogP contribution in [-0.2, 0) is 34.3 Å². The molecule has 3 fully saturated rings. The summed E-state index contributed by atoms with van der Waals surface area (Å²) in [5.41, 5.74) is 5.30. The zero-order chi connectivity index (χ0) is 81.3. The van der Waals surface area contributed by atoms with Crippen LogP contribution in [0.2, 0.25) is 25.1 Å². The molecular weight excluding hydrogens is 1570 g/mol. The molecule has 590 valence electrons. The van der Waals surface area contributed by atoms with Gasteiger partial charge in [0.1, 0.15) is 34.1 Å². The number of nitrogens with zero attached hydrogens (tertiary/aromatic N) is 9. The van der Waals surface area contributed by atoms with Crippen LogP contribution < -0.4 is 31.4 Å². The molecule has 14 rings (SSSR count). The van der Waals surface area contributed by atoms with Gasteiger partial charge in [0.15, 0.2) is 0 Å². The Morgan fingerprint density at radius 1 is 0.360 bits per heavy atom. The van der Waals surface area contributed by atoms with Crippen molar-refractivity contribution in [1.29, 1.82) is 0 Å². The number of esters is 3. The zero-order valence-electron chi connectivity index (χ0n) is 62.6. The van der Waals surface area contributed by atoms with E-state index in [1.807, 2.05) is 39.8 Å². The number of hydrogen-bond acceptors (Lipinski definition) is 15. The highest BCUT2D eigenvalue weighted by Crippen LogP contribution is 2.37. The van der Waals surface area contributed by atoms with Gasteiger partial charge in [-0.1, -0.05) is 93.9 Å². The van der Waals surface area contributed by atoms with Crippen LogP contribution in [0.1, 0.15) is 99.6 Å². The van der Waals surface area contributed by atoms with E-state index in [-0.39, 0.29) is 73.1 Å². The molecule has 0 bridgehead atoms. The summed E-state index contributed by atoms with van der Waals surface area (Å²) in [6, 6.07) is 44.6. The van der Waals surface area contributed by atoms with E-state index in [9.17, 15) is 56.3 Å². The number of piperazine rings is 3. The Kier molecular flexibility index (Phi) is 26.2. The van der Waals surface area contributed by atoms with E-state index < -0.39 is 46.2 Å². The van der Waals surface area contributed by atoms with E-state index in [0.717, 1.165) is 16.5 Å². The smallest absolute Gasteiger partial charge is 0.345 e. The van der Waals surface area contributed by atoms with Crippen molar-refractivity contribution < 1.29 is 56.1 Å². The highest BCUT2D eigenvalue weighted by atomic mass is 35.5. The first-order chi connectivity index (χ1) is 54.7. The number of halogens is 8. The van der Waals surface area contributed by atoms with E-state index in [1.54, 1.807) is 140 Å². The normalized spacial score (nSPS) is 13.6. The van der Waals surface area contributed by atoms with Crippen molar-refractivity contribution >= 4 is 143 Å². The predicted octanol–water partition coefficient (Wildman–Crippen LogP) is 15.0. The van der Waals surface area contributed by atoms with Gasteiger partial charge in [-0.2, -0.15) is 0 Å². The van der Waals surface area contributed by atoms with Crippen LogP contribution in [0.3, 0.4) is 0 Å². The Morgan fingerprint density at radius 3 is 1.06 bits per heavy atom. The quantitative estimate of drug-likeness (QED) is 0.0649. The third kappa shape index (κ3) is 18.1. The fourth-order valence-corrected chi connectivity index (χ4v) is 15.0. The average molecular weight is 1650 g/mol. The minimum Gasteiger partial charge on any atom is -0.462 e. The zero-order valence-corrected chi connectivity index (χ0v) is 66.4. The third-order valence-corrected chi connectivity index (χ3v) is 21.3. The summed E-state index contributed by atoms with van der Waals surface area (Å²) in [4.78, 5) is 130. The second kappa shape index (κ2) is 36.3. The summed E-state index contributed by atoms with van der Waals surface area (Å²) in [6.45, 7) is 12.1. The number of hydrogen-bond donors (Lipinski definition) is 0. The van der Waals surface area contributed by atoms with Gasteiger partial charge >= 0.3 is 17.9 Å². The molecule has 8 aromatic carbocycles. The van der Waals surface area contributed by atoms with E-state index in [1.165, 1.54) is 68.3 Å². The number of fused-ring (bicyclic) bond motifs is 3. The van der Waals surface area contributed by atoms with E-state index >= 15 is 0 Å². The minimum atomic E-state index is -0.753. The molecular formula is C85H77Cl5F3N9O12. The first-order valence-corrected chi connectivity index (χ1v) is 38.6. The lowest BCUT2D eigenvalue weighted by Crippen LogP contribution is -2.49. The van der Waals surface area contributed by atoms with E-state index in [2.05, 4.69) is 0 Å². The Morgan fingerprint density at radius 2 is 0.684 bits per heavy atom. The molecule has 3 aliphatic heterocycles. The second-order valence-electron chi connectivity index (χ2n) is 27.1. The summed E-state index contributed by atoms with van der Waals surface area (Å²) in [6.07, 6.45) is 0. The van der Waals surface area contributed by atoms with Gasteiger partial charge < -0.3 is 57.3 Å². The number of rotatable bonds is 16. The number of benzene rings is 8. The first kappa shape index (κ1) is 82.3. The number of anilines is 3. The van der Waals surface area contributed by atoms with Crippen LogP contribution in [0.5, 0.6) is 0 Å². The Labute approximate surface area is 678 Å². The van der Waals surface area contributed by atoms with Crippen molar-refractivity contribution in [3.8, 4) is 0 Å². The maximum absolute atomic E-state index is 14.0. The molecule has 0 N–H and O–H groups in total. The van der Waals surface area contributed by atoms with Crippen LogP contribution in [0.4, 0.5) is 30.2 Å². The molecule has 11 aromatic rings. The van der Waals surface area contributed by atoms with Crippen molar-refractivity contribution in [1.82, 2.24) is 28.4 Å². The summed E-state index contributed by atoms with van der Waals surface area (Å²) < 4.78 is 60.6. The number of aryl methyl sites for hydroxylation is 2. The molecule has 29 heteroatoms. The number of aromatic nitrogens is 3. The van der Waals surface area contributed by atoms with Gasteiger partial charge in [-0.05, 0) is 178 Å². The summed E-state index contributed by atoms with van der Waals surface area (Å²) >= 11 is 30.9. The molecule has 0 spiro atoms. The Balaban J connectivity index is 0.000000159. The molecule has 6 heterocycles. The largest absolute Gasteiger partial charge is 0.462 e. The van der Waals surface area contributed by atoms with Gasteiger partial charge in [0.05, 0.1) is 76.6 Å². The molecule has 0 unspecified atom stereocenters. The summed E-state index contributed by atoms with van der Waals surface area (Å²) in [5.74, 6) is -3.81. The molecule has 3 aromatic heterocycles. The highest BCUT2D eigenvalue weighted by molar-refractivity contribution is 6.42. The van der Waals surface area contributed by atoms with Crippen molar-refractivity contribution in [3.63, 3.8) is 0 Å². The third-order valence-electron chi connectivity index (χ3n) is 19.9. The molecule has 3 amide bonds. The first-order valence-electron chi connectivity index (χ1n) is 36.7. The fraction of sp³-hybridized carbons (Fsp3) is 0.259. The molecule has 0 atom stereocenters. The van der Waals surface area contributed by atoms with Gasteiger partial charge in [0.25, 0.3) is 34.4 Å². The van der Waals surface area contributed by atoms with E-state index in [4.69, 9.17) is 72.2 Å². The van der Waals surface area contributed by atoms with Gasteiger partial charge in [0.2, 0.25) is 0 Å². The molecule has 0 radical (unpaired) electrons. The Hall–Kier alpha value is -11.2. The highest BCUT2D eigenvalue weighted by Gasteiger charge is 2.35. The number of amides is 3. The Bertz CT molecular complexity index is 5710. The van der Waals surface area contributed by atoms with Crippen molar-refractivity contribution in [2.75, 3.05) is 113 Å². The lowest BCUT2D eigenvalue weighted by Gasteiger charge is -2.37. The number of pyridine rings is 3. The van der Waals surface area contributed by atoms with Gasteiger partial charge in [-0.3, -0.25) is 28.8 Å².